The smallest absolute Gasteiger partial charge is 0.280 e. The Morgan fingerprint density at radius 3 is 2.53 bits per heavy atom. The molecule has 1 fully saturated rings. The predicted octanol–water partition coefficient (Wildman–Crippen LogP) is 2.04. The van der Waals surface area contributed by atoms with Gasteiger partial charge in [0.2, 0.25) is 15.2 Å². The Bertz CT molecular complexity index is 1100. The molecule has 1 aliphatic rings. The third-order valence-corrected chi connectivity index (χ3v) is 7.97. The van der Waals surface area contributed by atoms with Crippen molar-refractivity contribution in [1.29, 1.82) is 0 Å². The fourth-order valence-electron chi connectivity index (χ4n) is 3.37. The molecule has 0 radical (unpaired) electrons. The first-order chi connectivity index (χ1) is 16.2. The van der Waals surface area contributed by atoms with Gasteiger partial charge in [0.15, 0.2) is 5.71 Å². The molecule has 0 spiro atoms. The Labute approximate surface area is 203 Å². The average Bonchev–Trinajstić information content (AvgIpc) is 3.46. The van der Waals surface area contributed by atoms with Gasteiger partial charge in [-0.25, -0.2) is 13.4 Å². The lowest BCUT2D eigenvalue weighted by atomic mass is 10.1. The van der Waals surface area contributed by atoms with Crippen LogP contribution < -0.4 is 5.32 Å². The number of carbonyl (C=O) groups is 1. The fraction of sp³-hybridized carbons (Fsp3) is 0.524. The van der Waals surface area contributed by atoms with Crippen LogP contribution in [0.4, 0.5) is 5.13 Å². The van der Waals surface area contributed by atoms with E-state index in [2.05, 4.69) is 19.8 Å². The SMILES string of the molecule is COCCN(C)S(=O)(=O)c1ccc(/C(=N\O[C@@H]2CC[C@@H](OC)C2)C(=O)Nc2nc(C)ns2)cc1. The van der Waals surface area contributed by atoms with Crippen LogP contribution in [0.3, 0.4) is 0 Å². The van der Waals surface area contributed by atoms with Gasteiger partial charge in [-0.2, -0.15) is 8.68 Å². The lowest BCUT2D eigenvalue weighted by Gasteiger charge is -2.17. The molecule has 1 saturated carbocycles. The van der Waals surface area contributed by atoms with E-state index < -0.39 is 15.9 Å². The molecule has 0 unspecified atom stereocenters. The van der Waals surface area contributed by atoms with Crippen molar-refractivity contribution in [3.63, 3.8) is 0 Å². The fourth-order valence-corrected chi connectivity index (χ4v) is 5.10. The van der Waals surface area contributed by atoms with E-state index in [-0.39, 0.29) is 36.0 Å². The molecule has 11 nitrogen and oxygen atoms in total. The number of hydrogen-bond donors (Lipinski definition) is 1. The maximum Gasteiger partial charge on any atom is 0.280 e. The van der Waals surface area contributed by atoms with E-state index in [0.29, 0.717) is 22.9 Å². The van der Waals surface area contributed by atoms with E-state index in [0.717, 1.165) is 24.4 Å². The average molecular weight is 512 g/mol. The topological polar surface area (TPSA) is 132 Å². The number of aryl methyl sites for hydroxylation is 1. The van der Waals surface area contributed by atoms with Gasteiger partial charge < -0.3 is 14.3 Å². The molecule has 2 atom stereocenters. The number of aromatic nitrogens is 2. The molecule has 0 bridgehead atoms. The Balaban J connectivity index is 1.83. The summed E-state index contributed by atoms with van der Waals surface area (Å²) in [7, 11) is 0.940. The van der Waals surface area contributed by atoms with Gasteiger partial charge in [-0.15, -0.1) is 0 Å². The van der Waals surface area contributed by atoms with Crippen LogP contribution >= 0.6 is 11.5 Å². The number of likely N-dealkylation sites (N-methyl/N-ethyl adjacent to an activating group) is 1. The Morgan fingerprint density at radius 1 is 1.24 bits per heavy atom. The van der Waals surface area contributed by atoms with Crippen molar-refractivity contribution < 1.29 is 27.5 Å². The number of rotatable bonds is 11. The molecule has 186 valence electrons. The quantitative estimate of drug-likeness (QED) is 0.358. The van der Waals surface area contributed by atoms with Crippen LogP contribution in [0.15, 0.2) is 34.3 Å². The number of nitrogens with one attached hydrogen (secondary N) is 1. The summed E-state index contributed by atoms with van der Waals surface area (Å²) < 4.78 is 41.1. The molecule has 1 aromatic carbocycles. The normalized spacial score (nSPS) is 18.9. The highest BCUT2D eigenvalue weighted by Gasteiger charge is 2.27. The third kappa shape index (κ3) is 6.57. The molecule has 1 aliphatic carbocycles. The number of hydrogen-bond acceptors (Lipinski definition) is 10. The van der Waals surface area contributed by atoms with Gasteiger partial charge in [0, 0.05) is 51.3 Å². The molecule has 1 aromatic heterocycles. The lowest BCUT2D eigenvalue weighted by molar-refractivity contribution is -0.110. The summed E-state index contributed by atoms with van der Waals surface area (Å²) in [5.41, 5.74) is 0.406. The third-order valence-electron chi connectivity index (χ3n) is 5.37. The second-order valence-corrected chi connectivity index (χ2v) is 10.6. The highest BCUT2D eigenvalue weighted by Crippen LogP contribution is 2.25. The molecule has 0 saturated heterocycles. The molecule has 1 amide bonds. The van der Waals surface area contributed by atoms with Crippen molar-refractivity contribution in [2.75, 3.05) is 39.7 Å². The summed E-state index contributed by atoms with van der Waals surface area (Å²) in [6.45, 7) is 2.21. The van der Waals surface area contributed by atoms with Crippen LogP contribution in [-0.2, 0) is 29.1 Å². The van der Waals surface area contributed by atoms with Crippen LogP contribution in [0.1, 0.15) is 30.7 Å². The second kappa shape index (κ2) is 11.8. The molecule has 13 heteroatoms. The van der Waals surface area contributed by atoms with E-state index in [9.17, 15) is 13.2 Å². The maximum atomic E-state index is 13.0. The summed E-state index contributed by atoms with van der Waals surface area (Å²) in [5, 5.41) is 7.15. The largest absolute Gasteiger partial charge is 0.392 e. The molecule has 1 N–H and O–H groups in total. The number of benzene rings is 1. The first-order valence-electron chi connectivity index (χ1n) is 10.7. The lowest BCUT2D eigenvalue weighted by Crippen LogP contribution is -2.30. The Morgan fingerprint density at radius 2 is 1.94 bits per heavy atom. The van der Waals surface area contributed by atoms with Gasteiger partial charge in [-0.1, -0.05) is 17.3 Å². The number of carbonyl (C=O) groups excluding carboxylic acids is 1. The van der Waals surface area contributed by atoms with E-state index >= 15 is 0 Å². The summed E-state index contributed by atoms with van der Waals surface area (Å²) in [6, 6.07) is 5.92. The second-order valence-electron chi connectivity index (χ2n) is 7.78. The molecule has 34 heavy (non-hydrogen) atoms. The zero-order chi connectivity index (χ0) is 24.7. The van der Waals surface area contributed by atoms with Gasteiger partial charge in [0.25, 0.3) is 5.91 Å². The summed E-state index contributed by atoms with van der Waals surface area (Å²) in [5.74, 6) is 0.00372. The summed E-state index contributed by atoms with van der Waals surface area (Å²) in [4.78, 5) is 22.9. The van der Waals surface area contributed by atoms with Crippen molar-refractivity contribution in [2.45, 2.75) is 43.3 Å². The number of oxime groups is 1. The molecule has 3 rings (SSSR count). The van der Waals surface area contributed by atoms with Gasteiger partial charge in [0.1, 0.15) is 11.9 Å². The van der Waals surface area contributed by atoms with Gasteiger partial charge >= 0.3 is 0 Å². The zero-order valence-corrected chi connectivity index (χ0v) is 21.2. The minimum absolute atomic E-state index is 0.00501. The van der Waals surface area contributed by atoms with Crippen LogP contribution in [-0.4, -0.2) is 80.3 Å². The number of amides is 1. The van der Waals surface area contributed by atoms with Gasteiger partial charge in [0.05, 0.1) is 17.6 Å². The van der Waals surface area contributed by atoms with Gasteiger partial charge in [-0.05, 0) is 31.9 Å². The molecule has 1 heterocycles. The maximum absolute atomic E-state index is 13.0. The number of nitrogens with zero attached hydrogens (tertiary/aromatic N) is 4. The first kappa shape index (κ1) is 26.2. The molecular weight excluding hydrogens is 482 g/mol. The van der Waals surface area contributed by atoms with Crippen molar-refractivity contribution in [3.05, 3.63) is 35.7 Å². The highest BCUT2D eigenvalue weighted by molar-refractivity contribution is 7.89. The molecular formula is C21H29N5O6S2. The van der Waals surface area contributed by atoms with E-state index in [1.165, 1.54) is 42.7 Å². The van der Waals surface area contributed by atoms with Crippen LogP contribution in [0.25, 0.3) is 0 Å². The van der Waals surface area contributed by atoms with Gasteiger partial charge in [-0.3, -0.25) is 10.1 Å². The van der Waals surface area contributed by atoms with E-state index in [4.69, 9.17) is 14.3 Å². The van der Waals surface area contributed by atoms with Crippen molar-refractivity contribution in [2.24, 2.45) is 5.16 Å². The highest BCUT2D eigenvalue weighted by atomic mass is 32.2. The summed E-state index contributed by atoms with van der Waals surface area (Å²) in [6.07, 6.45) is 2.21. The first-order valence-corrected chi connectivity index (χ1v) is 12.9. The van der Waals surface area contributed by atoms with Crippen LogP contribution in [0, 0.1) is 6.92 Å². The van der Waals surface area contributed by atoms with Crippen molar-refractivity contribution >= 4 is 38.3 Å². The standard InChI is InChI=1S/C21H29N5O6S2/c1-14-22-21(33-25-14)23-20(27)19(24-32-17-8-7-16(13-17)31-4)15-5-9-18(10-6-15)34(28,29)26(2)11-12-30-3/h5-6,9-10,16-17H,7-8,11-13H2,1-4H3,(H,22,23,25,27)/b24-19+/t16-,17-/m1/s1. The van der Waals surface area contributed by atoms with Crippen LogP contribution in [0.5, 0.6) is 0 Å². The number of methoxy groups -OCH3 is 2. The number of anilines is 1. The number of sulfonamides is 1. The predicted molar refractivity (Wildman–Crippen MR) is 127 cm³/mol. The zero-order valence-electron chi connectivity index (χ0n) is 19.6. The van der Waals surface area contributed by atoms with Crippen LogP contribution in [0.2, 0.25) is 0 Å². The van der Waals surface area contributed by atoms with E-state index in [1.54, 1.807) is 14.0 Å². The summed E-state index contributed by atoms with van der Waals surface area (Å²) >= 11 is 1.05. The molecule has 2 aromatic rings. The Kier molecular flexibility index (Phi) is 9.08. The Hall–Kier alpha value is -2.45. The minimum atomic E-state index is -3.70. The number of ether oxygens (including phenoxy) is 2. The van der Waals surface area contributed by atoms with Crippen molar-refractivity contribution in [3.8, 4) is 0 Å². The monoisotopic (exact) mass is 511 g/mol. The van der Waals surface area contributed by atoms with E-state index in [1.807, 2.05) is 0 Å². The minimum Gasteiger partial charge on any atom is -0.392 e. The molecule has 0 aliphatic heterocycles. The van der Waals surface area contributed by atoms with Crippen molar-refractivity contribution in [1.82, 2.24) is 13.7 Å².